The van der Waals surface area contributed by atoms with Crippen molar-refractivity contribution in [1.82, 2.24) is 5.43 Å². The van der Waals surface area contributed by atoms with E-state index in [1.54, 1.807) is 30.2 Å². The maximum absolute atomic E-state index is 11.9. The monoisotopic (exact) mass is 249 g/mol. The second-order valence-corrected chi connectivity index (χ2v) is 4.12. The van der Waals surface area contributed by atoms with Crippen LogP contribution in [0.4, 0.5) is 5.69 Å². The molecule has 0 unspecified atom stereocenters. The van der Waals surface area contributed by atoms with Crippen molar-refractivity contribution in [3.05, 3.63) is 24.3 Å². The van der Waals surface area contributed by atoms with E-state index in [2.05, 4.69) is 5.43 Å². The molecule has 2 rings (SSSR count). The third kappa shape index (κ3) is 2.28. The molecular weight excluding hydrogens is 234 g/mol. The predicted molar refractivity (Wildman–Crippen MR) is 65.8 cm³/mol. The standard InChI is InChI=1S/C12H15N3O3/c1-18-10-4-2-3-9(6-10)15-7-8(5-11(15)16)12(17)14-13/h2-4,6,8H,5,7,13H2,1H3,(H,14,17)/t8-/m1/s1. The van der Waals surface area contributed by atoms with Crippen molar-refractivity contribution < 1.29 is 14.3 Å². The maximum Gasteiger partial charge on any atom is 0.239 e. The number of carbonyl (C=O) groups excluding carboxylic acids is 2. The average Bonchev–Trinajstić information content (AvgIpc) is 2.80. The van der Waals surface area contributed by atoms with Crippen molar-refractivity contribution in [3.63, 3.8) is 0 Å². The molecule has 0 aliphatic carbocycles. The van der Waals surface area contributed by atoms with Gasteiger partial charge in [0.25, 0.3) is 0 Å². The molecule has 0 bridgehead atoms. The number of nitrogens with two attached hydrogens (primary N) is 1. The first-order valence-electron chi connectivity index (χ1n) is 5.60. The zero-order valence-electron chi connectivity index (χ0n) is 10.1. The quantitative estimate of drug-likeness (QED) is 0.450. The van der Waals surface area contributed by atoms with Crippen molar-refractivity contribution in [2.24, 2.45) is 11.8 Å². The SMILES string of the molecule is COc1cccc(N2C[C@H](C(=O)NN)CC2=O)c1. The summed E-state index contributed by atoms with van der Waals surface area (Å²) in [5.74, 6) is 4.96. The van der Waals surface area contributed by atoms with Gasteiger partial charge in [0, 0.05) is 24.7 Å². The number of hydrogen-bond donors (Lipinski definition) is 2. The van der Waals surface area contributed by atoms with Crippen LogP contribution in [0.2, 0.25) is 0 Å². The van der Waals surface area contributed by atoms with Crippen molar-refractivity contribution >= 4 is 17.5 Å². The van der Waals surface area contributed by atoms with E-state index in [1.807, 2.05) is 6.07 Å². The molecule has 96 valence electrons. The Balaban J connectivity index is 2.18. The van der Waals surface area contributed by atoms with Gasteiger partial charge in [0.2, 0.25) is 11.8 Å². The second kappa shape index (κ2) is 5.05. The smallest absolute Gasteiger partial charge is 0.239 e. The van der Waals surface area contributed by atoms with Gasteiger partial charge in [0.05, 0.1) is 13.0 Å². The molecule has 18 heavy (non-hydrogen) atoms. The van der Waals surface area contributed by atoms with Gasteiger partial charge in [0.15, 0.2) is 0 Å². The van der Waals surface area contributed by atoms with E-state index in [9.17, 15) is 9.59 Å². The van der Waals surface area contributed by atoms with E-state index < -0.39 is 5.92 Å². The molecule has 1 aliphatic heterocycles. The van der Waals surface area contributed by atoms with Gasteiger partial charge in [-0.25, -0.2) is 5.84 Å². The first-order chi connectivity index (χ1) is 8.65. The van der Waals surface area contributed by atoms with E-state index in [0.717, 1.165) is 5.69 Å². The largest absolute Gasteiger partial charge is 0.497 e. The Labute approximate surface area is 105 Å². The number of carbonyl (C=O) groups is 2. The highest BCUT2D eigenvalue weighted by molar-refractivity contribution is 6.00. The first-order valence-corrected chi connectivity index (χ1v) is 5.60. The van der Waals surface area contributed by atoms with Crippen LogP contribution in [0.25, 0.3) is 0 Å². The zero-order valence-corrected chi connectivity index (χ0v) is 10.1. The summed E-state index contributed by atoms with van der Waals surface area (Å²) in [4.78, 5) is 24.9. The van der Waals surface area contributed by atoms with E-state index in [0.29, 0.717) is 12.3 Å². The Morgan fingerprint density at radius 2 is 2.33 bits per heavy atom. The third-order valence-corrected chi connectivity index (χ3v) is 3.00. The van der Waals surface area contributed by atoms with Crippen molar-refractivity contribution in [2.45, 2.75) is 6.42 Å². The minimum Gasteiger partial charge on any atom is -0.497 e. The number of benzene rings is 1. The van der Waals surface area contributed by atoms with Crippen LogP contribution < -0.4 is 20.9 Å². The van der Waals surface area contributed by atoms with Gasteiger partial charge in [-0.3, -0.25) is 15.0 Å². The van der Waals surface area contributed by atoms with Crippen LogP contribution in [0.5, 0.6) is 5.75 Å². The normalized spacial score (nSPS) is 18.9. The van der Waals surface area contributed by atoms with Gasteiger partial charge in [-0.15, -0.1) is 0 Å². The molecule has 2 amide bonds. The van der Waals surface area contributed by atoms with E-state index in [4.69, 9.17) is 10.6 Å². The molecule has 1 aromatic rings. The summed E-state index contributed by atoms with van der Waals surface area (Å²) < 4.78 is 5.11. The molecule has 6 nitrogen and oxygen atoms in total. The zero-order chi connectivity index (χ0) is 13.1. The van der Waals surface area contributed by atoms with Crippen LogP contribution in [0.3, 0.4) is 0 Å². The lowest BCUT2D eigenvalue weighted by Crippen LogP contribution is -2.37. The van der Waals surface area contributed by atoms with Crippen molar-refractivity contribution in [2.75, 3.05) is 18.6 Å². The molecule has 1 atom stereocenters. The second-order valence-electron chi connectivity index (χ2n) is 4.12. The van der Waals surface area contributed by atoms with Crippen LogP contribution >= 0.6 is 0 Å². The molecular formula is C12H15N3O3. The number of rotatable bonds is 3. The van der Waals surface area contributed by atoms with E-state index in [-0.39, 0.29) is 18.2 Å². The highest BCUT2D eigenvalue weighted by atomic mass is 16.5. The lowest BCUT2D eigenvalue weighted by molar-refractivity contribution is -0.126. The number of methoxy groups -OCH3 is 1. The van der Waals surface area contributed by atoms with Gasteiger partial charge >= 0.3 is 0 Å². The average molecular weight is 249 g/mol. The number of hydrogen-bond acceptors (Lipinski definition) is 4. The van der Waals surface area contributed by atoms with Crippen LogP contribution in [-0.4, -0.2) is 25.5 Å². The molecule has 0 spiro atoms. The fraction of sp³-hybridized carbons (Fsp3) is 0.333. The molecule has 0 saturated carbocycles. The summed E-state index contributed by atoms with van der Waals surface area (Å²) in [6.45, 7) is 0.342. The topological polar surface area (TPSA) is 84.7 Å². The molecule has 1 saturated heterocycles. The Hall–Kier alpha value is -2.08. The maximum atomic E-state index is 11.9. The first kappa shape index (κ1) is 12.4. The fourth-order valence-electron chi connectivity index (χ4n) is 2.03. The number of hydrazine groups is 1. The third-order valence-electron chi connectivity index (χ3n) is 3.00. The summed E-state index contributed by atoms with van der Waals surface area (Å²) in [7, 11) is 1.57. The van der Waals surface area contributed by atoms with E-state index >= 15 is 0 Å². The Morgan fingerprint density at radius 1 is 1.56 bits per heavy atom. The minimum absolute atomic E-state index is 0.0862. The lowest BCUT2D eigenvalue weighted by atomic mass is 10.1. The molecule has 0 radical (unpaired) electrons. The Bertz CT molecular complexity index is 475. The summed E-state index contributed by atoms with van der Waals surface area (Å²) in [5, 5.41) is 0. The Morgan fingerprint density at radius 3 is 3.00 bits per heavy atom. The van der Waals surface area contributed by atoms with Crippen molar-refractivity contribution in [3.8, 4) is 5.75 Å². The highest BCUT2D eigenvalue weighted by Gasteiger charge is 2.34. The number of anilines is 1. The molecule has 3 N–H and O–H groups in total. The molecule has 6 heteroatoms. The van der Waals surface area contributed by atoms with Gasteiger partial charge in [-0.05, 0) is 12.1 Å². The number of amides is 2. The molecule has 1 heterocycles. The van der Waals surface area contributed by atoms with Crippen LogP contribution in [0.15, 0.2) is 24.3 Å². The summed E-state index contributed by atoms with van der Waals surface area (Å²) >= 11 is 0. The fourth-order valence-corrected chi connectivity index (χ4v) is 2.03. The lowest BCUT2D eigenvalue weighted by Gasteiger charge is -2.17. The molecule has 1 fully saturated rings. The highest BCUT2D eigenvalue weighted by Crippen LogP contribution is 2.27. The van der Waals surface area contributed by atoms with Gasteiger partial charge in [-0.1, -0.05) is 6.07 Å². The van der Waals surface area contributed by atoms with E-state index in [1.165, 1.54) is 0 Å². The molecule has 0 aromatic heterocycles. The van der Waals surface area contributed by atoms with Crippen LogP contribution in [-0.2, 0) is 9.59 Å². The minimum atomic E-state index is -0.395. The number of nitrogens with zero attached hydrogens (tertiary/aromatic N) is 1. The molecule has 1 aliphatic rings. The van der Waals surface area contributed by atoms with Gasteiger partial charge < -0.3 is 9.64 Å². The summed E-state index contributed by atoms with van der Waals surface area (Å²) in [5.41, 5.74) is 2.81. The number of nitrogens with one attached hydrogen (secondary N) is 1. The van der Waals surface area contributed by atoms with Crippen molar-refractivity contribution in [1.29, 1.82) is 0 Å². The van der Waals surface area contributed by atoms with Crippen LogP contribution in [0, 0.1) is 5.92 Å². The van der Waals surface area contributed by atoms with Gasteiger partial charge in [-0.2, -0.15) is 0 Å². The number of ether oxygens (including phenoxy) is 1. The Kier molecular flexibility index (Phi) is 3.47. The summed E-state index contributed by atoms with van der Waals surface area (Å²) in [6, 6.07) is 7.18. The van der Waals surface area contributed by atoms with Gasteiger partial charge in [0.1, 0.15) is 5.75 Å². The summed E-state index contributed by atoms with van der Waals surface area (Å²) in [6.07, 6.45) is 0.181. The van der Waals surface area contributed by atoms with Crippen LogP contribution in [0.1, 0.15) is 6.42 Å². The molecule has 1 aromatic carbocycles. The predicted octanol–water partition coefficient (Wildman–Crippen LogP) is 0.0380.